The highest BCUT2D eigenvalue weighted by Gasteiger charge is 2.25. The first kappa shape index (κ1) is 12.2. The van der Waals surface area contributed by atoms with E-state index >= 15 is 0 Å². The van der Waals surface area contributed by atoms with Gasteiger partial charge in [0.1, 0.15) is 0 Å². The van der Waals surface area contributed by atoms with Crippen LogP contribution in [0.4, 0.5) is 0 Å². The molecule has 2 atom stereocenters. The highest BCUT2D eigenvalue weighted by molar-refractivity contribution is 6.17. The Morgan fingerprint density at radius 2 is 2.36 bits per heavy atom. The third kappa shape index (κ3) is 4.13. The number of hydrogen-bond donors (Lipinski definition) is 1. The number of aliphatic hydroxyl groups is 1. The van der Waals surface area contributed by atoms with E-state index in [0.717, 1.165) is 32.7 Å². The molecule has 0 spiro atoms. The molecule has 3 nitrogen and oxygen atoms in total. The first-order valence-electron chi connectivity index (χ1n) is 5.28. The van der Waals surface area contributed by atoms with Crippen LogP contribution in [0.15, 0.2) is 0 Å². The Morgan fingerprint density at radius 1 is 1.57 bits per heavy atom. The summed E-state index contributed by atoms with van der Waals surface area (Å²) in [5, 5.41) is 9.40. The van der Waals surface area contributed by atoms with Gasteiger partial charge in [0.25, 0.3) is 0 Å². The Labute approximate surface area is 91.0 Å². The molecule has 1 saturated heterocycles. The van der Waals surface area contributed by atoms with Crippen molar-refractivity contribution in [3.05, 3.63) is 0 Å². The van der Waals surface area contributed by atoms with Gasteiger partial charge in [-0.3, -0.25) is 0 Å². The van der Waals surface area contributed by atoms with Crippen LogP contribution in [0.3, 0.4) is 0 Å². The molecule has 2 unspecified atom stereocenters. The second-order valence-corrected chi connectivity index (χ2v) is 4.27. The highest BCUT2D eigenvalue weighted by Crippen LogP contribution is 2.18. The van der Waals surface area contributed by atoms with Crippen molar-refractivity contribution >= 4 is 11.6 Å². The fourth-order valence-electron chi connectivity index (χ4n) is 1.81. The van der Waals surface area contributed by atoms with E-state index in [1.54, 1.807) is 0 Å². The zero-order valence-electron chi connectivity index (χ0n) is 8.79. The van der Waals surface area contributed by atoms with Gasteiger partial charge in [-0.15, -0.1) is 11.6 Å². The fourth-order valence-corrected chi connectivity index (χ4v) is 1.92. The number of nitrogens with zero attached hydrogens (tertiary/aromatic N) is 1. The molecule has 0 aliphatic carbocycles. The molecule has 1 heterocycles. The Bertz CT molecular complexity index is 155. The molecule has 0 saturated carbocycles. The molecule has 0 radical (unpaired) electrons. The molecule has 4 heteroatoms. The molecule has 1 rings (SSSR count). The van der Waals surface area contributed by atoms with E-state index in [1.165, 1.54) is 0 Å². The van der Waals surface area contributed by atoms with Crippen LogP contribution in [-0.2, 0) is 4.74 Å². The van der Waals surface area contributed by atoms with E-state index < -0.39 is 0 Å². The van der Waals surface area contributed by atoms with Crippen molar-refractivity contribution in [1.29, 1.82) is 0 Å². The predicted octanol–water partition coefficient (Wildman–Crippen LogP) is 0.944. The third-order valence-electron chi connectivity index (χ3n) is 2.76. The molecule has 1 aliphatic rings. The minimum absolute atomic E-state index is 0.177. The minimum Gasteiger partial charge on any atom is -0.393 e. The maximum Gasteiger partial charge on any atom is 0.0602 e. The lowest BCUT2D eigenvalue weighted by molar-refractivity contribution is 0.107. The molecule has 1 aliphatic heterocycles. The van der Waals surface area contributed by atoms with Gasteiger partial charge < -0.3 is 14.7 Å². The molecule has 14 heavy (non-hydrogen) atoms. The standard InChI is InChI=1S/C10H20ClNO2/c1-9(13)10-2-4-12(8-10)5-7-14-6-3-11/h9-10,13H,2-8H2,1H3. The molecule has 1 N–H and O–H groups in total. The minimum atomic E-state index is -0.177. The first-order valence-corrected chi connectivity index (χ1v) is 5.81. The Morgan fingerprint density at radius 3 is 2.93 bits per heavy atom. The number of alkyl halides is 1. The van der Waals surface area contributed by atoms with Crippen molar-refractivity contribution in [2.45, 2.75) is 19.4 Å². The van der Waals surface area contributed by atoms with Crippen LogP contribution in [0.1, 0.15) is 13.3 Å². The van der Waals surface area contributed by atoms with Crippen LogP contribution in [0, 0.1) is 5.92 Å². The van der Waals surface area contributed by atoms with Crippen molar-refractivity contribution < 1.29 is 9.84 Å². The number of halogens is 1. The molecule has 0 aromatic heterocycles. The van der Waals surface area contributed by atoms with Crippen molar-refractivity contribution in [3.8, 4) is 0 Å². The quantitative estimate of drug-likeness (QED) is 0.536. The van der Waals surface area contributed by atoms with Gasteiger partial charge in [0, 0.05) is 19.0 Å². The monoisotopic (exact) mass is 221 g/mol. The Hall–Kier alpha value is 0.170. The highest BCUT2D eigenvalue weighted by atomic mass is 35.5. The van der Waals surface area contributed by atoms with Crippen LogP contribution >= 0.6 is 11.6 Å². The van der Waals surface area contributed by atoms with Crippen LogP contribution in [0.2, 0.25) is 0 Å². The largest absolute Gasteiger partial charge is 0.393 e. The lowest BCUT2D eigenvalue weighted by atomic mass is 10.0. The molecule has 1 fully saturated rings. The van der Waals surface area contributed by atoms with Crippen LogP contribution in [-0.4, -0.2) is 54.8 Å². The lowest BCUT2D eigenvalue weighted by Crippen LogP contribution is -2.27. The lowest BCUT2D eigenvalue weighted by Gasteiger charge is -2.16. The normalized spacial score (nSPS) is 25.5. The predicted molar refractivity (Wildman–Crippen MR) is 57.8 cm³/mol. The van der Waals surface area contributed by atoms with Crippen molar-refractivity contribution in [2.75, 3.05) is 38.7 Å². The van der Waals surface area contributed by atoms with Crippen molar-refractivity contribution in [3.63, 3.8) is 0 Å². The van der Waals surface area contributed by atoms with Gasteiger partial charge in [0.15, 0.2) is 0 Å². The smallest absolute Gasteiger partial charge is 0.0602 e. The van der Waals surface area contributed by atoms with Gasteiger partial charge in [-0.2, -0.15) is 0 Å². The zero-order chi connectivity index (χ0) is 10.4. The van der Waals surface area contributed by atoms with E-state index in [1.807, 2.05) is 6.92 Å². The summed E-state index contributed by atoms with van der Waals surface area (Å²) in [7, 11) is 0. The van der Waals surface area contributed by atoms with Crippen LogP contribution in [0.25, 0.3) is 0 Å². The van der Waals surface area contributed by atoms with Gasteiger partial charge in [0.05, 0.1) is 19.3 Å². The number of hydrogen-bond acceptors (Lipinski definition) is 3. The number of likely N-dealkylation sites (tertiary alicyclic amines) is 1. The van der Waals surface area contributed by atoms with Crippen LogP contribution < -0.4 is 0 Å². The van der Waals surface area contributed by atoms with Gasteiger partial charge in [0.2, 0.25) is 0 Å². The second kappa shape index (κ2) is 6.62. The summed E-state index contributed by atoms with van der Waals surface area (Å²) in [5.74, 6) is 1.01. The molecule has 84 valence electrons. The second-order valence-electron chi connectivity index (χ2n) is 3.89. The fraction of sp³-hybridized carbons (Fsp3) is 1.00. The molecule has 0 bridgehead atoms. The maximum atomic E-state index is 9.40. The molecule has 0 aromatic carbocycles. The van der Waals surface area contributed by atoms with Crippen molar-refractivity contribution in [2.24, 2.45) is 5.92 Å². The zero-order valence-corrected chi connectivity index (χ0v) is 9.54. The topological polar surface area (TPSA) is 32.7 Å². The van der Waals surface area contributed by atoms with Crippen molar-refractivity contribution in [1.82, 2.24) is 4.90 Å². The Kier molecular flexibility index (Phi) is 5.78. The molecular weight excluding hydrogens is 202 g/mol. The number of rotatable bonds is 6. The van der Waals surface area contributed by atoms with Gasteiger partial charge in [-0.25, -0.2) is 0 Å². The molecule has 0 aromatic rings. The summed E-state index contributed by atoms with van der Waals surface area (Å²) in [6.45, 7) is 6.30. The van der Waals surface area contributed by atoms with E-state index in [-0.39, 0.29) is 6.10 Å². The average Bonchev–Trinajstić information content (AvgIpc) is 2.61. The third-order valence-corrected chi connectivity index (χ3v) is 2.92. The first-order chi connectivity index (χ1) is 6.74. The number of ether oxygens (including phenoxy) is 1. The van der Waals surface area contributed by atoms with E-state index in [9.17, 15) is 5.11 Å². The summed E-state index contributed by atoms with van der Waals surface area (Å²) in [6.07, 6.45) is 0.927. The maximum absolute atomic E-state index is 9.40. The van der Waals surface area contributed by atoms with Gasteiger partial charge >= 0.3 is 0 Å². The Balaban J connectivity index is 2.04. The molecule has 0 amide bonds. The summed E-state index contributed by atoms with van der Waals surface area (Å²) in [4.78, 5) is 2.34. The van der Waals surface area contributed by atoms with E-state index in [4.69, 9.17) is 16.3 Å². The van der Waals surface area contributed by atoms with E-state index in [0.29, 0.717) is 18.4 Å². The summed E-state index contributed by atoms with van der Waals surface area (Å²) in [5.41, 5.74) is 0. The summed E-state index contributed by atoms with van der Waals surface area (Å²) >= 11 is 5.49. The SMILES string of the molecule is CC(O)C1CCN(CCOCCCl)C1. The van der Waals surface area contributed by atoms with Crippen LogP contribution in [0.5, 0.6) is 0 Å². The van der Waals surface area contributed by atoms with Gasteiger partial charge in [-0.05, 0) is 25.8 Å². The van der Waals surface area contributed by atoms with E-state index in [2.05, 4.69) is 4.90 Å². The molecular formula is C10H20ClNO2. The summed E-state index contributed by atoms with van der Waals surface area (Å²) < 4.78 is 5.30. The summed E-state index contributed by atoms with van der Waals surface area (Å²) in [6, 6.07) is 0. The number of aliphatic hydroxyl groups excluding tert-OH is 1. The average molecular weight is 222 g/mol. The van der Waals surface area contributed by atoms with Gasteiger partial charge in [-0.1, -0.05) is 0 Å².